The number of carboxylic acid groups (broad SMARTS) is 3. The number of benzene rings is 7. The first kappa shape index (κ1) is 124. The van der Waals surface area contributed by atoms with Crippen LogP contribution in [-0.2, 0) is 104 Å². The van der Waals surface area contributed by atoms with Crippen LogP contribution < -0.4 is 21.0 Å². The van der Waals surface area contributed by atoms with E-state index in [0.29, 0.717) is 37.7 Å². The predicted molar refractivity (Wildman–Crippen MR) is 548 cm³/mol. The van der Waals surface area contributed by atoms with Gasteiger partial charge in [0.2, 0.25) is 17.7 Å². The highest BCUT2D eigenvalue weighted by atomic mass is 16.6. The Morgan fingerprint density at radius 1 is 0.440 bits per heavy atom. The fourth-order valence-electron chi connectivity index (χ4n) is 15.0. The van der Waals surface area contributed by atoms with Gasteiger partial charge in [0.05, 0.1) is 62.3 Å². The number of esters is 1. The van der Waals surface area contributed by atoms with Gasteiger partial charge in [-0.2, -0.15) is 0 Å². The van der Waals surface area contributed by atoms with E-state index in [0.717, 1.165) is 51.3 Å². The van der Waals surface area contributed by atoms with Crippen LogP contribution in [0.1, 0.15) is 206 Å². The Morgan fingerprint density at radius 3 is 1.02 bits per heavy atom. The summed E-state index contributed by atoms with van der Waals surface area (Å²) >= 11 is 0. The summed E-state index contributed by atoms with van der Waals surface area (Å²) in [5.74, 6) is -3.32. The van der Waals surface area contributed by atoms with Crippen molar-refractivity contribution in [2.45, 2.75) is 253 Å². The van der Waals surface area contributed by atoms with E-state index in [2.05, 4.69) is 49.6 Å². The van der Waals surface area contributed by atoms with E-state index in [9.17, 15) is 72.2 Å². The highest BCUT2D eigenvalue weighted by molar-refractivity contribution is 6.65. The number of nitrogens with zero attached hydrogens (tertiary/aromatic N) is 6. The minimum Gasteiger partial charge on any atom is -0.481 e. The first-order chi connectivity index (χ1) is 65.8. The molecule has 4 aliphatic rings. The molecule has 35 heteroatoms. The van der Waals surface area contributed by atoms with Crippen molar-refractivity contribution in [1.82, 2.24) is 35.7 Å². The van der Waals surface area contributed by atoms with Gasteiger partial charge in [-0.15, -0.1) is 0 Å². The largest absolute Gasteiger partial charge is 0.481 e. The summed E-state index contributed by atoms with van der Waals surface area (Å²) < 4.78 is 24.6. The Balaban J connectivity index is 0.000000551. The molecule has 11 rings (SSSR count). The van der Waals surface area contributed by atoms with Crippen molar-refractivity contribution in [2.24, 2.45) is 28.8 Å². The number of alkyl carbamates (subject to hydrolysis) is 1. The molecular weight excluding hydrogens is 1800 g/mol. The van der Waals surface area contributed by atoms with Crippen LogP contribution >= 0.6 is 0 Å². The zero-order valence-corrected chi connectivity index (χ0v) is 84.8. The molecule has 4 aliphatic heterocycles. The van der Waals surface area contributed by atoms with Crippen molar-refractivity contribution < 1.29 is 106 Å². The summed E-state index contributed by atoms with van der Waals surface area (Å²) in [6, 6.07) is 65.5. The molecule has 4 heterocycles. The van der Waals surface area contributed by atoms with E-state index in [1.807, 2.05) is 343 Å². The van der Waals surface area contributed by atoms with Crippen molar-refractivity contribution in [1.29, 1.82) is 0 Å². The zero-order valence-electron chi connectivity index (χ0n) is 84.8. The van der Waals surface area contributed by atoms with Crippen LogP contribution in [0.25, 0.3) is 10.4 Å². The van der Waals surface area contributed by atoms with Crippen LogP contribution in [0.15, 0.2) is 235 Å². The molecular formula is C106H144B3N10O22. The first-order valence-electron chi connectivity index (χ1n) is 46.1. The molecule has 141 heavy (non-hydrogen) atoms. The van der Waals surface area contributed by atoms with E-state index in [1.54, 1.807) is 13.8 Å². The first-order valence-corrected chi connectivity index (χ1v) is 46.1. The standard InChI is InChI=1S/C18H24BN2O4.C17H22N4O3.C17H23NO3.C13H17BNO3.C12H15BNO3.C11H14O2.C6H11NO2.C6H6.C5H8O2.CH4/c1-12(2)14-10-25-17(24)21(14)16(23)15(20-19-11-22)18(3,4)13-8-6-5-7-9-13;1-11(2)13-10-24-16(23)21(13)15(22)14(19-20-18)17(3,4)12-8-6-5-7-9-12;1-12(2)14-11-21-16(20)18(14)15(19)10-17(3,4)13-8-6-5-7-9-13;1-13(2,10-7-5-4-6-8-10)11(12(17)18-3)15-14-9-16;1-12(2,9-6-4-3-5-7-9)10(11(16)17)14-13-8-15;1-11(2,8-10(12)13)9-6-4-3-5-7-9;1-4(2)5-3-9-6(8)7-5;1-2-4-6-5-3-1;1-4(2)3-5(6)7;/h5-9,11-12,14-15,20H,10H2,1-4H3;5-9,11,13-14H,10H2,1-4H3;5-9,12,14H,10-11H2,1-4H3;4-9,11,15H,1-3H3;3-8,10,14H,1-2H3,(H,16,17);3-7H,8H2,1-2H3,(H,12,13);4-5H,3H2,1-2H3,(H,7,8);1-6H;3H,1-2H3,(H,6,7);1H4/t14-,15-;13-,14-;14-;11-;10-;;5-;;;/m11111.1.../s1. The summed E-state index contributed by atoms with van der Waals surface area (Å²) in [6.07, 6.45) is 1.24. The summed E-state index contributed by atoms with van der Waals surface area (Å²) in [5.41, 5.74) is 12.5. The molecule has 3 radical (unpaired) electrons. The SMILES string of the molecule is C.CC(C)(CC(=O)O)c1ccccc1.CC(C)(c1ccccc1)[C@H](N[B]C=O)C(=O)O.CC(C)=CC(=O)O.CC(C)[C@H]1COC(=O)N1.CC(C)[C@H]1COC(=O)N1C(=O)CC(C)(C)c1ccccc1.CC(C)[C@H]1COC(=O)N1C(=O)[C@@H](N=[N+]=[N-])C(C)(C)c1ccccc1.CC(C)[C@H]1COC(=O)N1C(=O)[C@@H](N[B]C=O)C(C)(C)c1ccccc1.COC(=O)[C@@H](N[B]C=O)C(C)(C)c1ccccc1.c1ccccc1. The molecule has 0 bridgehead atoms. The Morgan fingerprint density at radius 2 is 0.738 bits per heavy atom. The second-order valence-corrected chi connectivity index (χ2v) is 38.4. The van der Waals surface area contributed by atoms with Crippen molar-refractivity contribution >= 4 is 107 Å². The molecule has 759 valence electrons. The number of carbonyl (C=O) groups excluding carboxylic acids is 11. The van der Waals surface area contributed by atoms with Gasteiger partial charge in [0.1, 0.15) is 44.6 Å². The molecule has 32 nitrogen and oxygen atoms in total. The monoisotopic (exact) mass is 1940 g/mol. The fourth-order valence-corrected chi connectivity index (χ4v) is 15.0. The number of cyclic esters (lactones) is 4. The maximum atomic E-state index is 13.2. The van der Waals surface area contributed by atoms with Crippen molar-refractivity contribution in [3.8, 4) is 0 Å². The number of aliphatic carboxylic acids is 3. The third-order valence-electron chi connectivity index (χ3n) is 23.9. The topological polar surface area (TPSA) is 452 Å². The highest BCUT2D eigenvalue weighted by Crippen LogP contribution is 2.37. The van der Waals surface area contributed by atoms with Gasteiger partial charge in [0.15, 0.2) is 0 Å². The summed E-state index contributed by atoms with van der Waals surface area (Å²) in [6.45, 7) is 43.4. The van der Waals surface area contributed by atoms with Gasteiger partial charge in [0.25, 0.3) is 22.2 Å². The number of hydrogen-bond donors (Lipinski definition) is 7. The number of rotatable bonds is 33. The fraction of sp³-hybridized carbons (Fsp3) is 0.453. The van der Waals surface area contributed by atoms with Crippen LogP contribution in [0.5, 0.6) is 0 Å². The quantitative estimate of drug-likeness (QED) is 0.00294. The van der Waals surface area contributed by atoms with E-state index < -0.39 is 99.8 Å². The smallest absolute Gasteiger partial charge is 0.417 e. The second-order valence-electron chi connectivity index (χ2n) is 38.4. The summed E-state index contributed by atoms with van der Waals surface area (Å²) in [5, 5.41) is 40.6. The van der Waals surface area contributed by atoms with Gasteiger partial charge in [-0.1, -0.05) is 375 Å². The molecule has 8 atom stereocenters. The third-order valence-corrected chi connectivity index (χ3v) is 23.9. The average Bonchev–Trinajstić information content (AvgIpc) is 1.69. The molecule has 0 spiro atoms. The molecule has 7 amide bonds. The van der Waals surface area contributed by atoms with Gasteiger partial charge < -0.3 is 74.4 Å². The zero-order chi connectivity index (χ0) is 105. The minimum atomic E-state index is -1.04. The molecule has 4 saturated heterocycles. The Kier molecular flexibility index (Phi) is 53.2. The number of ether oxygens (including phenoxy) is 5. The van der Waals surface area contributed by atoms with E-state index in [-0.39, 0.29) is 98.2 Å². The van der Waals surface area contributed by atoms with Gasteiger partial charge in [-0.25, -0.2) is 38.7 Å². The van der Waals surface area contributed by atoms with Gasteiger partial charge >= 0.3 is 48.3 Å². The minimum absolute atomic E-state index is 0. The van der Waals surface area contributed by atoms with Gasteiger partial charge in [-0.3, -0.25) is 28.8 Å². The highest BCUT2D eigenvalue weighted by Gasteiger charge is 2.50. The molecule has 7 N–H and O–H groups in total. The lowest BCUT2D eigenvalue weighted by Gasteiger charge is -2.37. The number of amides is 7. The van der Waals surface area contributed by atoms with Crippen LogP contribution in [0.4, 0.5) is 19.2 Å². The van der Waals surface area contributed by atoms with Crippen LogP contribution in [0, 0.1) is 23.7 Å². The lowest BCUT2D eigenvalue weighted by atomic mass is 9.74. The molecule has 0 aliphatic carbocycles. The predicted octanol–water partition coefficient (Wildman–Crippen LogP) is 17.0. The number of nitrogens with one attached hydrogen (secondary N) is 4. The van der Waals surface area contributed by atoms with Crippen molar-refractivity contribution in [3.63, 3.8) is 0 Å². The Bertz CT molecular complexity index is 5120. The van der Waals surface area contributed by atoms with E-state index in [1.165, 1.54) is 37.8 Å². The van der Waals surface area contributed by atoms with E-state index in [4.69, 9.17) is 34.7 Å². The Hall–Kier alpha value is -13.4. The van der Waals surface area contributed by atoms with Crippen LogP contribution in [0.3, 0.4) is 0 Å². The number of methoxy groups -OCH3 is 1. The second kappa shape index (κ2) is 60.6. The molecule has 0 aromatic heterocycles. The molecule has 0 saturated carbocycles. The number of carbonyl (C=O) groups is 14. The van der Waals surface area contributed by atoms with Crippen LogP contribution in [0.2, 0.25) is 0 Å². The van der Waals surface area contributed by atoms with Gasteiger partial charge in [0, 0.05) is 44.5 Å². The molecule has 7 aromatic rings. The summed E-state index contributed by atoms with van der Waals surface area (Å²) in [7, 11) is 4.85. The number of allylic oxidation sites excluding steroid dienone is 1. The maximum absolute atomic E-state index is 13.2. The molecule has 7 aromatic carbocycles. The van der Waals surface area contributed by atoms with Gasteiger partial charge in [-0.05, 0) is 81.8 Å². The third kappa shape index (κ3) is 39.3. The maximum Gasteiger partial charge on any atom is 0.417 e. The summed E-state index contributed by atoms with van der Waals surface area (Å²) in [4.78, 5) is 167. The van der Waals surface area contributed by atoms with E-state index >= 15 is 0 Å². The van der Waals surface area contributed by atoms with Crippen LogP contribution in [-0.4, -0.2) is 219 Å². The lowest BCUT2D eigenvalue weighted by molar-refractivity contribution is -0.144. The molecule has 4 fully saturated rings. The molecule has 0 unspecified atom stereocenters. The number of hydrogen-bond acceptors (Lipinski definition) is 23. The number of azide groups is 1. The number of carboxylic acids is 3. The lowest BCUT2D eigenvalue weighted by Crippen LogP contribution is -2.59. The number of imide groups is 3. The van der Waals surface area contributed by atoms with Crippen molar-refractivity contribution in [2.75, 3.05) is 33.5 Å². The van der Waals surface area contributed by atoms with Crippen molar-refractivity contribution in [3.05, 3.63) is 274 Å². The average molecular weight is 1940 g/mol. The Labute approximate surface area is 833 Å². The normalized spacial score (nSPS) is 16.0.